The number of aromatic amines is 1. The van der Waals surface area contributed by atoms with Gasteiger partial charge in [0.05, 0.1) is 11.7 Å². The van der Waals surface area contributed by atoms with E-state index < -0.39 is 0 Å². The number of rotatable bonds is 3. The van der Waals surface area contributed by atoms with Gasteiger partial charge in [-0.2, -0.15) is 5.10 Å². The molecule has 1 atom stereocenters. The summed E-state index contributed by atoms with van der Waals surface area (Å²) in [6, 6.07) is 16.7. The van der Waals surface area contributed by atoms with Crippen LogP contribution in [0.25, 0.3) is 11.3 Å². The third kappa shape index (κ3) is 3.66. The SMILES string of the molecule is Cc1ccc(-c2ccc(=O)[nH]n2)cc1NC(=O)[C@H]1Cc2ccccc2CN1. The Balaban J connectivity index is 1.54. The van der Waals surface area contributed by atoms with Crippen LogP contribution in [0.2, 0.25) is 0 Å². The molecule has 0 fully saturated rings. The Hall–Kier alpha value is -3.25. The van der Waals surface area contributed by atoms with E-state index in [0.29, 0.717) is 18.7 Å². The van der Waals surface area contributed by atoms with Crippen molar-refractivity contribution in [1.82, 2.24) is 15.5 Å². The Labute approximate surface area is 156 Å². The highest BCUT2D eigenvalue weighted by Crippen LogP contribution is 2.24. The molecule has 0 radical (unpaired) electrons. The molecule has 0 saturated carbocycles. The molecule has 0 spiro atoms. The second-order valence-electron chi connectivity index (χ2n) is 6.73. The lowest BCUT2D eigenvalue weighted by atomic mass is 9.95. The molecule has 4 rings (SSSR count). The second kappa shape index (κ2) is 7.17. The van der Waals surface area contributed by atoms with Crippen LogP contribution in [0.1, 0.15) is 16.7 Å². The maximum Gasteiger partial charge on any atom is 0.264 e. The van der Waals surface area contributed by atoms with Crippen molar-refractivity contribution < 1.29 is 4.79 Å². The molecule has 1 aliphatic rings. The Bertz CT molecular complexity index is 1040. The molecule has 136 valence electrons. The third-order valence-corrected chi connectivity index (χ3v) is 4.87. The van der Waals surface area contributed by atoms with Crippen LogP contribution in [0.5, 0.6) is 0 Å². The number of nitrogens with zero attached hydrogens (tertiary/aromatic N) is 1. The Morgan fingerprint density at radius 1 is 1.11 bits per heavy atom. The van der Waals surface area contributed by atoms with Gasteiger partial charge in [-0.05, 0) is 42.2 Å². The maximum absolute atomic E-state index is 12.8. The van der Waals surface area contributed by atoms with Gasteiger partial charge in [0.2, 0.25) is 5.91 Å². The van der Waals surface area contributed by atoms with Gasteiger partial charge in [-0.1, -0.05) is 36.4 Å². The van der Waals surface area contributed by atoms with Crippen molar-refractivity contribution >= 4 is 11.6 Å². The van der Waals surface area contributed by atoms with Crippen molar-refractivity contribution in [2.75, 3.05) is 5.32 Å². The zero-order valence-electron chi connectivity index (χ0n) is 15.0. The van der Waals surface area contributed by atoms with Crippen LogP contribution in [-0.4, -0.2) is 22.1 Å². The summed E-state index contributed by atoms with van der Waals surface area (Å²) >= 11 is 0. The Kier molecular flexibility index (Phi) is 4.56. The van der Waals surface area contributed by atoms with Gasteiger partial charge < -0.3 is 10.6 Å². The number of carbonyl (C=O) groups is 1. The first-order valence-electron chi connectivity index (χ1n) is 8.88. The summed E-state index contributed by atoms with van der Waals surface area (Å²) in [6.45, 7) is 2.64. The molecule has 3 N–H and O–H groups in total. The van der Waals surface area contributed by atoms with Crippen molar-refractivity contribution in [3.8, 4) is 11.3 Å². The summed E-state index contributed by atoms with van der Waals surface area (Å²) in [7, 11) is 0. The van der Waals surface area contributed by atoms with Crippen LogP contribution in [-0.2, 0) is 17.8 Å². The van der Waals surface area contributed by atoms with Crippen molar-refractivity contribution in [1.29, 1.82) is 0 Å². The van der Waals surface area contributed by atoms with Gasteiger partial charge in [0.15, 0.2) is 0 Å². The van der Waals surface area contributed by atoms with E-state index in [0.717, 1.165) is 16.8 Å². The largest absolute Gasteiger partial charge is 0.324 e. The molecule has 0 saturated heterocycles. The standard InChI is InChI=1S/C21H20N4O2/c1-13-6-7-15(17-8-9-20(26)25-24-17)11-18(13)23-21(27)19-10-14-4-2-3-5-16(14)12-22-19/h2-9,11,19,22H,10,12H2,1H3,(H,23,27)(H,25,26)/t19-/m1/s1. The predicted molar refractivity (Wildman–Crippen MR) is 104 cm³/mol. The number of amides is 1. The fourth-order valence-corrected chi connectivity index (χ4v) is 3.28. The minimum absolute atomic E-state index is 0.0563. The zero-order valence-corrected chi connectivity index (χ0v) is 15.0. The van der Waals surface area contributed by atoms with E-state index in [1.165, 1.54) is 17.2 Å². The first kappa shape index (κ1) is 17.2. The molecule has 0 aliphatic carbocycles. The van der Waals surface area contributed by atoms with Gasteiger partial charge in [0.25, 0.3) is 5.56 Å². The molecular weight excluding hydrogens is 340 g/mol. The van der Waals surface area contributed by atoms with Crippen molar-refractivity contribution in [2.45, 2.75) is 25.9 Å². The maximum atomic E-state index is 12.8. The summed E-state index contributed by atoms with van der Waals surface area (Å²) in [5.41, 5.74) is 5.38. The summed E-state index contributed by atoms with van der Waals surface area (Å²) in [6.07, 6.45) is 0.669. The Morgan fingerprint density at radius 2 is 1.93 bits per heavy atom. The molecule has 2 aromatic carbocycles. The van der Waals surface area contributed by atoms with E-state index >= 15 is 0 Å². The minimum Gasteiger partial charge on any atom is -0.324 e. The van der Waals surface area contributed by atoms with Crippen LogP contribution < -0.4 is 16.2 Å². The molecule has 0 unspecified atom stereocenters. The van der Waals surface area contributed by atoms with Crippen LogP contribution in [0.4, 0.5) is 5.69 Å². The number of nitrogens with one attached hydrogen (secondary N) is 3. The van der Waals surface area contributed by atoms with Gasteiger partial charge in [0.1, 0.15) is 0 Å². The van der Waals surface area contributed by atoms with E-state index in [1.54, 1.807) is 6.07 Å². The van der Waals surface area contributed by atoms with Crippen LogP contribution >= 0.6 is 0 Å². The Morgan fingerprint density at radius 3 is 2.70 bits per heavy atom. The predicted octanol–water partition coefficient (Wildman–Crippen LogP) is 2.40. The molecule has 1 aliphatic heterocycles. The highest BCUT2D eigenvalue weighted by Gasteiger charge is 2.24. The average Bonchev–Trinajstić information content (AvgIpc) is 2.70. The molecule has 1 amide bonds. The normalized spacial score (nSPS) is 15.8. The van der Waals surface area contributed by atoms with Crippen molar-refractivity contribution in [3.63, 3.8) is 0 Å². The summed E-state index contributed by atoms with van der Waals surface area (Å²) in [4.78, 5) is 24.0. The van der Waals surface area contributed by atoms with Crippen LogP contribution in [0.3, 0.4) is 0 Å². The second-order valence-corrected chi connectivity index (χ2v) is 6.73. The van der Waals surface area contributed by atoms with E-state index in [-0.39, 0.29) is 17.5 Å². The van der Waals surface area contributed by atoms with E-state index in [9.17, 15) is 9.59 Å². The summed E-state index contributed by atoms with van der Waals surface area (Å²) in [5, 5.41) is 12.8. The number of anilines is 1. The monoisotopic (exact) mass is 360 g/mol. The van der Waals surface area contributed by atoms with Gasteiger partial charge in [0, 0.05) is 23.9 Å². The van der Waals surface area contributed by atoms with Crippen molar-refractivity contribution in [2.24, 2.45) is 0 Å². The first-order chi connectivity index (χ1) is 13.1. The number of hydrogen-bond acceptors (Lipinski definition) is 4. The minimum atomic E-state index is -0.269. The number of carbonyl (C=O) groups excluding carboxylic acids is 1. The fraction of sp³-hybridized carbons (Fsp3) is 0.190. The summed E-state index contributed by atoms with van der Waals surface area (Å²) in [5.74, 6) is -0.0563. The quantitative estimate of drug-likeness (QED) is 0.669. The number of fused-ring (bicyclic) bond motifs is 1. The van der Waals surface area contributed by atoms with Crippen molar-refractivity contribution in [3.05, 3.63) is 81.6 Å². The lowest BCUT2D eigenvalue weighted by molar-refractivity contribution is -0.118. The number of aromatic nitrogens is 2. The van der Waals surface area contributed by atoms with Gasteiger partial charge in [-0.15, -0.1) is 0 Å². The highest BCUT2D eigenvalue weighted by molar-refractivity contribution is 5.96. The summed E-state index contributed by atoms with van der Waals surface area (Å²) < 4.78 is 0. The number of benzene rings is 2. The number of H-pyrrole nitrogens is 1. The first-order valence-corrected chi connectivity index (χ1v) is 8.88. The molecule has 6 nitrogen and oxygen atoms in total. The van der Waals surface area contributed by atoms with Crippen LogP contribution in [0.15, 0.2) is 59.4 Å². The topological polar surface area (TPSA) is 86.9 Å². The van der Waals surface area contributed by atoms with E-state index in [4.69, 9.17) is 0 Å². The molecule has 3 aromatic rings. The van der Waals surface area contributed by atoms with E-state index in [2.05, 4.69) is 33.0 Å². The van der Waals surface area contributed by atoms with Gasteiger partial charge >= 0.3 is 0 Å². The average molecular weight is 360 g/mol. The molecule has 1 aromatic heterocycles. The lowest BCUT2D eigenvalue weighted by Crippen LogP contribution is -2.44. The van der Waals surface area contributed by atoms with Crippen LogP contribution in [0, 0.1) is 6.92 Å². The highest BCUT2D eigenvalue weighted by atomic mass is 16.2. The fourth-order valence-electron chi connectivity index (χ4n) is 3.28. The molecule has 2 heterocycles. The van der Waals surface area contributed by atoms with E-state index in [1.807, 2.05) is 37.3 Å². The molecule has 0 bridgehead atoms. The van der Waals surface area contributed by atoms with Gasteiger partial charge in [-0.25, -0.2) is 5.10 Å². The number of hydrogen-bond donors (Lipinski definition) is 3. The lowest BCUT2D eigenvalue weighted by Gasteiger charge is -2.25. The number of aryl methyl sites for hydroxylation is 1. The zero-order chi connectivity index (χ0) is 18.8. The third-order valence-electron chi connectivity index (χ3n) is 4.87. The molecular formula is C21H20N4O2. The molecule has 6 heteroatoms. The molecule has 27 heavy (non-hydrogen) atoms. The smallest absolute Gasteiger partial charge is 0.264 e. The van der Waals surface area contributed by atoms with Gasteiger partial charge in [-0.3, -0.25) is 9.59 Å².